The van der Waals surface area contributed by atoms with Gasteiger partial charge in [-0.2, -0.15) is 0 Å². The van der Waals surface area contributed by atoms with Crippen molar-refractivity contribution in [1.29, 1.82) is 0 Å². The van der Waals surface area contributed by atoms with Crippen molar-refractivity contribution in [2.45, 2.75) is 11.8 Å². The maximum absolute atomic E-state index is 13.8. The van der Waals surface area contributed by atoms with Crippen molar-refractivity contribution in [2.24, 2.45) is 0 Å². The van der Waals surface area contributed by atoms with E-state index in [1.165, 1.54) is 32.4 Å². The van der Waals surface area contributed by atoms with Crippen molar-refractivity contribution >= 4 is 33.2 Å². The number of hydrogen-bond donors (Lipinski definition) is 1. The molecule has 0 unspecified atom stereocenters. The number of carbonyl (C=O) groups excluding carboxylic acids is 2. The van der Waals surface area contributed by atoms with E-state index in [1.807, 2.05) is 6.92 Å². The van der Waals surface area contributed by atoms with Gasteiger partial charge >= 0.3 is 0 Å². The molecule has 206 valence electrons. The Hall–Kier alpha value is -4.09. The van der Waals surface area contributed by atoms with Crippen molar-refractivity contribution < 1.29 is 32.2 Å². The van der Waals surface area contributed by atoms with Crippen LogP contribution in [0.15, 0.2) is 71.6 Å². The van der Waals surface area contributed by atoms with E-state index in [0.717, 1.165) is 9.87 Å². The first-order chi connectivity index (χ1) is 18.7. The molecule has 10 nitrogen and oxygen atoms in total. The number of amides is 2. The van der Waals surface area contributed by atoms with Gasteiger partial charge in [0.05, 0.1) is 49.3 Å². The standard InChI is InChI=1S/C28H31N3O7S/c1-20-8-11-22(12-9-20)39(34,35)31(25-13-10-21(36-2)18-26(25)37-3)19-27(32)29-24-7-5-4-6-23(24)28(33)30-14-16-38-17-15-30/h4-13,18H,14-17,19H2,1-3H3,(H,29,32). The Morgan fingerprint density at radius 3 is 2.33 bits per heavy atom. The van der Waals surface area contributed by atoms with Crippen LogP contribution in [0, 0.1) is 6.92 Å². The number of ether oxygens (including phenoxy) is 3. The molecule has 3 aromatic carbocycles. The van der Waals surface area contributed by atoms with Crippen molar-refractivity contribution in [3.8, 4) is 11.5 Å². The Bertz CT molecular complexity index is 1440. The highest BCUT2D eigenvalue weighted by Gasteiger charge is 2.30. The van der Waals surface area contributed by atoms with Crippen LogP contribution in [0.3, 0.4) is 0 Å². The van der Waals surface area contributed by atoms with Gasteiger partial charge in [0.15, 0.2) is 0 Å². The molecule has 0 saturated carbocycles. The Morgan fingerprint density at radius 2 is 1.67 bits per heavy atom. The fourth-order valence-electron chi connectivity index (χ4n) is 4.16. The van der Waals surface area contributed by atoms with E-state index in [4.69, 9.17) is 14.2 Å². The number of rotatable bonds is 9. The first kappa shape index (κ1) is 27.9. The number of aryl methyl sites for hydroxylation is 1. The van der Waals surface area contributed by atoms with Gasteiger partial charge in [0.25, 0.3) is 15.9 Å². The molecule has 4 rings (SSSR count). The number of morpholine rings is 1. The lowest BCUT2D eigenvalue weighted by molar-refractivity contribution is -0.114. The topological polar surface area (TPSA) is 114 Å². The quantitative estimate of drug-likeness (QED) is 0.432. The summed E-state index contributed by atoms with van der Waals surface area (Å²) in [6.07, 6.45) is 0. The van der Waals surface area contributed by atoms with E-state index >= 15 is 0 Å². The third kappa shape index (κ3) is 6.32. The fraction of sp³-hybridized carbons (Fsp3) is 0.286. The summed E-state index contributed by atoms with van der Waals surface area (Å²) in [5, 5.41) is 2.73. The van der Waals surface area contributed by atoms with E-state index < -0.39 is 22.5 Å². The predicted octanol–water partition coefficient (Wildman–Crippen LogP) is 3.32. The van der Waals surface area contributed by atoms with Crippen LogP contribution in [-0.4, -0.2) is 72.2 Å². The van der Waals surface area contributed by atoms with Gasteiger partial charge in [0.2, 0.25) is 5.91 Å². The first-order valence-electron chi connectivity index (χ1n) is 12.3. The summed E-state index contributed by atoms with van der Waals surface area (Å²) in [4.78, 5) is 28.2. The number of sulfonamides is 1. The number of nitrogens with zero attached hydrogens (tertiary/aromatic N) is 2. The minimum absolute atomic E-state index is 0.0154. The molecule has 11 heteroatoms. The largest absolute Gasteiger partial charge is 0.497 e. The summed E-state index contributed by atoms with van der Waals surface area (Å²) in [7, 11) is -1.30. The number of methoxy groups -OCH3 is 2. The fourth-order valence-corrected chi connectivity index (χ4v) is 5.60. The van der Waals surface area contributed by atoms with Crippen LogP contribution in [0.2, 0.25) is 0 Å². The Labute approximate surface area is 228 Å². The SMILES string of the molecule is COc1ccc(N(CC(=O)Nc2ccccc2C(=O)N2CCOCC2)S(=O)(=O)c2ccc(C)cc2)c(OC)c1. The summed E-state index contributed by atoms with van der Waals surface area (Å²) < 4.78 is 44.7. The number of hydrogen-bond acceptors (Lipinski definition) is 7. The van der Waals surface area contributed by atoms with Crippen LogP contribution in [-0.2, 0) is 19.6 Å². The van der Waals surface area contributed by atoms with Crippen molar-refractivity contribution in [1.82, 2.24) is 4.90 Å². The summed E-state index contributed by atoms with van der Waals surface area (Å²) in [5.74, 6) is -0.204. The monoisotopic (exact) mass is 553 g/mol. The molecular weight excluding hydrogens is 522 g/mol. The molecule has 1 heterocycles. The van der Waals surface area contributed by atoms with Gasteiger partial charge in [-0.1, -0.05) is 29.8 Å². The van der Waals surface area contributed by atoms with Crippen LogP contribution in [0.1, 0.15) is 15.9 Å². The molecule has 0 aromatic heterocycles. The molecule has 2 amide bonds. The number of benzene rings is 3. The summed E-state index contributed by atoms with van der Waals surface area (Å²) in [6.45, 7) is 3.05. The molecule has 0 radical (unpaired) electrons. The predicted molar refractivity (Wildman–Crippen MR) is 147 cm³/mol. The normalized spacial score (nSPS) is 13.5. The Morgan fingerprint density at radius 1 is 0.974 bits per heavy atom. The van der Waals surface area contributed by atoms with Gasteiger partial charge in [-0.3, -0.25) is 13.9 Å². The minimum atomic E-state index is -4.19. The lowest BCUT2D eigenvalue weighted by atomic mass is 10.1. The van der Waals surface area contributed by atoms with Gasteiger partial charge in [-0.15, -0.1) is 0 Å². The molecule has 39 heavy (non-hydrogen) atoms. The zero-order valence-electron chi connectivity index (χ0n) is 22.0. The Balaban J connectivity index is 1.67. The molecule has 0 spiro atoms. The molecule has 0 atom stereocenters. The van der Waals surface area contributed by atoms with Gasteiger partial charge in [0, 0.05) is 19.2 Å². The zero-order valence-corrected chi connectivity index (χ0v) is 22.9. The second kappa shape index (κ2) is 12.2. The summed E-state index contributed by atoms with van der Waals surface area (Å²) >= 11 is 0. The van der Waals surface area contributed by atoms with E-state index in [1.54, 1.807) is 53.4 Å². The van der Waals surface area contributed by atoms with E-state index in [9.17, 15) is 18.0 Å². The Kier molecular flexibility index (Phi) is 8.72. The third-order valence-corrected chi connectivity index (χ3v) is 8.06. The lowest BCUT2D eigenvalue weighted by Gasteiger charge is -2.28. The average Bonchev–Trinajstić information content (AvgIpc) is 2.96. The third-order valence-electron chi connectivity index (χ3n) is 6.28. The van der Waals surface area contributed by atoms with Crippen LogP contribution in [0.4, 0.5) is 11.4 Å². The van der Waals surface area contributed by atoms with Crippen molar-refractivity contribution in [2.75, 3.05) is 56.7 Å². The summed E-state index contributed by atoms with van der Waals surface area (Å²) in [5.41, 5.74) is 1.64. The molecule has 3 aromatic rings. The van der Waals surface area contributed by atoms with E-state index in [2.05, 4.69) is 5.32 Å². The second-order valence-electron chi connectivity index (χ2n) is 8.86. The number of carbonyl (C=O) groups is 2. The highest BCUT2D eigenvalue weighted by molar-refractivity contribution is 7.92. The molecule has 1 fully saturated rings. The molecular formula is C28H31N3O7S. The zero-order chi connectivity index (χ0) is 28.0. The molecule has 1 saturated heterocycles. The van der Waals surface area contributed by atoms with Crippen LogP contribution < -0.4 is 19.1 Å². The number of anilines is 2. The second-order valence-corrected chi connectivity index (χ2v) is 10.7. The van der Waals surface area contributed by atoms with Crippen LogP contribution >= 0.6 is 0 Å². The number of para-hydroxylation sites is 1. The highest BCUT2D eigenvalue weighted by Crippen LogP contribution is 2.35. The smallest absolute Gasteiger partial charge is 0.264 e. The van der Waals surface area contributed by atoms with Gasteiger partial charge in [-0.25, -0.2) is 8.42 Å². The molecule has 0 bridgehead atoms. The van der Waals surface area contributed by atoms with Crippen molar-refractivity contribution in [3.63, 3.8) is 0 Å². The van der Waals surface area contributed by atoms with E-state index in [0.29, 0.717) is 37.6 Å². The molecule has 1 aliphatic rings. The maximum atomic E-state index is 13.8. The maximum Gasteiger partial charge on any atom is 0.264 e. The first-order valence-corrected chi connectivity index (χ1v) is 13.8. The minimum Gasteiger partial charge on any atom is -0.497 e. The molecule has 1 N–H and O–H groups in total. The van der Waals surface area contributed by atoms with Gasteiger partial charge < -0.3 is 24.4 Å². The van der Waals surface area contributed by atoms with E-state index in [-0.39, 0.29) is 27.9 Å². The molecule has 1 aliphatic heterocycles. The average molecular weight is 554 g/mol. The molecule has 0 aliphatic carbocycles. The van der Waals surface area contributed by atoms with Crippen LogP contribution in [0.25, 0.3) is 0 Å². The summed E-state index contributed by atoms with van der Waals surface area (Å²) in [6, 6.07) is 17.6. The van der Waals surface area contributed by atoms with Gasteiger partial charge in [0.1, 0.15) is 18.0 Å². The lowest BCUT2D eigenvalue weighted by Crippen LogP contribution is -2.41. The van der Waals surface area contributed by atoms with Crippen molar-refractivity contribution in [3.05, 3.63) is 77.9 Å². The van der Waals surface area contributed by atoms with Crippen LogP contribution in [0.5, 0.6) is 11.5 Å². The highest BCUT2D eigenvalue weighted by atomic mass is 32.2. The number of nitrogens with one attached hydrogen (secondary N) is 1. The van der Waals surface area contributed by atoms with Gasteiger partial charge in [-0.05, 0) is 43.3 Å².